The average Bonchev–Trinajstić information content (AvgIpc) is 2.50. The Kier molecular flexibility index (Phi) is 5.53. The van der Waals surface area contributed by atoms with E-state index < -0.39 is 0 Å². The number of aliphatic hydroxyl groups is 1. The molecule has 0 aliphatic carbocycles. The lowest BCUT2D eigenvalue weighted by Gasteiger charge is -2.17. The minimum Gasteiger partial charge on any atom is -0.394 e. The Morgan fingerprint density at radius 1 is 1.19 bits per heavy atom. The molecular formula is C17H18BrNO2. The monoisotopic (exact) mass is 347 g/mol. The zero-order chi connectivity index (χ0) is 15.2. The number of nitrogens with one attached hydrogen (secondary N) is 1. The van der Waals surface area contributed by atoms with Crippen LogP contribution in [-0.4, -0.2) is 23.7 Å². The number of halogens is 1. The summed E-state index contributed by atoms with van der Waals surface area (Å²) in [5.74, 6) is -0.163. The first kappa shape index (κ1) is 15.7. The molecule has 110 valence electrons. The standard InChI is InChI=1S/C17H18BrNO2/c1-12-15(8-5-9-16(12)18)17(21)19-14(11-20)10-13-6-3-2-4-7-13/h2-9,14,20H,10-11H2,1H3,(H,19,21). The van der Waals surface area contributed by atoms with E-state index in [0.29, 0.717) is 12.0 Å². The second-order valence-electron chi connectivity index (χ2n) is 4.96. The number of hydrogen-bond donors (Lipinski definition) is 2. The van der Waals surface area contributed by atoms with E-state index in [1.807, 2.05) is 49.4 Å². The molecule has 0 saturated carbocycles. The van der Waals surface area contributed by atoms with E-state index in [9.17, 15) is 9.90 Å². The molecule has 21 heavy (non-hydrogen) atoms. The van der Waals surface area contributed by atoms with Crippen LogP contribution in [0.2, 0.25) is 0 Å². The summed E-state index contributed by atoms with van der Waals surface area (Å²) in [7, 11) is 0. The van der Waals surface area contributed by atoms with Gasteiger partial charge in [0, 0.05) is 10.0 Å². The molecule has 0 heterocycles. The van der Waals surface area contributed by atoms with Crippen LogP contribution in [0.15, 0.2) is 53.0 Å². The van der Waals surface area contributed by atoms with E-state index in [2.05, 4.69) is 21.2 Å². The molecule has 0 bridgehead atoms. The van der Waals surface area contributed by atoms with Crippen molar-refractivity contribution in [1.82, 2.24) is 5.32 Å². The predicted octanol–water partition coefficient (Wildman–Crippen LogP) is 3.09. The average molecular weight is 348 g/mol. The topological polar surface area (TPSA) is 49.3 Å². The molecule has 1 unspecified atom stereocenters. The smallest absolute Gasteiger partial charge is 0.251 e. The van der Waals surface area contributed by atoms with Crippen molar-refractivity contribution in [2.24, 2.45) is 0 Å². The van der Waals surface area contributed by atoms with Crippen LogP contribution in [0.3, 0.4) is 0 Å². The highest BCUT2D eigenvalue weighted by Gasteiger charge is 2.16. The van der Waals surface area contributed by atoms with Gasteiger partial charge in [0.25, 0.3) is 5.91 Å². The molecule has 0 aliphatic rings. The first-order valence-electron chi connectivity index (χ1n) is 6.82. The van der Waals surface area contributed by atoms with Crippen LogP contribution >= 0.6 is 15.9 Å². The fourth-order valence-corrected chi connectivity index (χ4v) is 2.54. The van der Waals surface area contributed by atoms with Crippen LogP contribution in [0.5, 0.6) is 0 Å². The van der Waals surface area contributed by atoms with Crippen molar-refractivity contribution in [1.29, 1.82) is 0 Å². The van der Waals surface area contributed by atoms with Gasteiger partial charge in [0.15, 0.2) is 0 Å². The summed E-state index contributed by atoms with van der Waals surface area (Å²) >= 11 is 3.42. The summed E-state index contributed by atoms with van der Waals surface area (Å²) in [5.41, 5.74) is 2.60. The number of carbonyl (C=O) groups excluding carboxylic acids is 1. The van der Waals surface area contributed by atoms with Gasteiger partial charge in [0.1, 0.15) is 0 Å². The number of aliphatic hydroxyl groups excluding tert-OH is 1. The minimum atomic E-state index is -0.293. The highest BCUT2D eigenvalue weighted by atomic mass is 79.9. The third-order valence-corrected chi connectivity index (χ3v) is 4.25. The van der Waals surface area contributed by atoms with Crippen molar-refractivity contribution in [2.45, 2.75) is 19.4 Å². The van der Waals surface area contributed by atoms with Gasteiger partial charge in [-0.1, -0.05) is 52.3 Å². The molecule has 1 atom stereocenters. The molecule has 0 aliphatic heterocycles. The van der Waals surface area contributed by atoms with Crippen LogP contribution in [-0.2, 0) is 6.42 Å². The van der Waals surface area contributed by atoms with Gasteiger partial charge in [0.05, 0.1) is 12.6 Å². The van der Waals surface area contributed by atoms with Gasteiger partial charge in [-0.25, -0.2) is 0 Å². The third-order valence-electron chi connectivity index (χ3n) is 3.39. The Balaban J connectivity index is 2.08. The maximum atomic E-state index is 12.3. The molecule has 2 aromatic carbocycles. The zero-order valence-electron chi connectivity index (χ0n) is 11.8. The molecule has 0 fully saturated rings. The first-order valence-corrected chi connectivity index (χ1v) is 7.62. The number of carbonyl (C=O) groups is 1. The molecule has 0 spiro atoms. The quantitative estimate of drug-likeness (QED) is 0.872. The van der Waals surface area contributed by atoms with Crippen LogP contribution in [0.4, 0.5) is 0 Å². The summed E-state index contributed by atoms with van der Waals surface area (Å²) in [5, 5.41) is 12.4. The minimum absolute atomic E-state index is 0.0896. The van der Waals surface area contributed by atoms with Gasteiger partial charge < -0.3 is 10.4 Å². The second-order valence-corrected chi connectivity index (χ2v) is 5.81. The van der Waals surface area contributed by atoms with E-state index in [1.54, 1.807) is 6.07 Å². The summed E-state index contributed by atoms with van der Waals surface area (Å²) in [6.07, 6.45) is 0.607. The third kappa shape index (κ3) is 4.16. The molecule has 2 aromatic rings. The van der Waals surface area contributed by atoms with Crippen LogP contribution in [0, 0.1) is 6.92 Å². The SMILES string of the molecule is Cc1c(Br)cccc1C(=O)NC(CO)Cc1ccccc1. The van der Waals surface area contributed by atoms with Gasteiger partial charge in [-0.3, -0.25) is 4.79 Å². The van der Waals surface area contributed by atoms with Gasteiger partial charge in [-0.05, 0) is 36.6 Å². The molecule has 4 heteroatoms. The second kappa shape index (κ2) is 7.38. The maximum absolute atomic E-state index is 12.3. The van der Waals surface area contributed by atoms with Crippen LogP contribution < -0.4 is 5.32 Å². The molecule has 0 aromatic heterocycles. The number of benzene rings is 2. The van der Waals surface area contributed by atoms with Gasteiger partial charge in [0.2, 0.25) is 0 Å². The molecule has 0 saturated heterocycles. The largest absolute Gasteiger partial charge is 0.394 e. The van der Waals surface area contributed by atoms with E-state index >= 15 is 0 Å². The molecule has 1 amide bonds. The Hall–Kier alpha value is -1.65. The fourth-order valence-electron chi connectivity index (χ4n) is 2.18. The lowest BCUT2D eigenvalue weighted by Crippen LogP contribution is -2.39. The van der Waals surface area contributed by atoms with E-state index in [0.717, 1.165) is 15.6 Å². The summed E-state index contributed by atoms with van der Waals surface area (Å²) in [6.45, 7) is 1.80. The highest BCUT2D eigenvalue weighted by Crippen LogP contribution is 2.19. The van der Waals surface area contributed by atoms with Gasteiger partial charge in [-0.15, -0.1) is 0 Å². The van der Waals surface area contributed by atoms with Gasteiger partial charge >= 0.3 is 0 Å². The summed E-state index contributed by atoms with van der Waals surface area (Å²) in [4.78, 5) is 12.3. The lowest BCUT2D eigenvalue weighted by atomic mass is 10.0. The maximum Gasteiger partial charge on any atom is 0.251 e. The van der Waals surface area contributed by atoms with Gasteiger partial charge in [-0.2, -0.15) is 0 Å². The molecule has 2 rings (SSSR count). The van der Waals surface area contributed by atoms with Crippen molar-refractivity contribution in [3.05, 3.63) is 69.7 Å². The molecular weight excluding hydrogens is 330 g/mol. The number of hydrogen-bond acceptors (Lipinski definition) is 2. The Morgan fingerprint density at radius 3 is 2.57 bits per heavy atom. The van der Waals surface area contributed by atoms with E-state index in [-0.39, 0.29) is 18.6 Å². The summed E-state index contributed by atoms with van der Waals surface area (Å²) < 4.78 is 0.902. The van der Waals surface area contributed by atoms with Crippen molar-refractivity contribution in [3.63, 3.8) is 0 Å². The fraction of sp³-hybridized carbons (Fsp3) is 0.235. The van der Waals surface area contributed by atoms with Crippen molar-refractivity contribution in [2.75, 3.05) is 6.61 Å². The zero-order valence-corrected chi connectivity index (χ0v) is 13.4. The van der Waals surface area contributed by atoms with Crippen LogP contribution in [0.25, 0.3) is 0 Å². The molecule has 2 N–H and O–H groups in total. The Labute approximate surface area is 133 Å². The normalized spacial score (nSPS) is 12.0. The van der Waals surface area contributed by atoms with Crippen molar-refractivity contribution >= 4 is 21.8 Å². The van der Waals surface area contributed by atoms with Crippen molar-refractivity contribution in [3.8, 4) is 0 Å². The lowest BCUT2D eigenvalue weighted by molar-refractivity contribution is 0.0916. The number of rotatable bonds is 5. The molecule has 0 radical (unpaired) electrons. The molecule has 3 nitrogen and oxygen atoms in total. The van der Waals surface area contributed by atoms with E-state index in [1.165, 1.54) is 0 Å². The van der Waals surface area contributed by atoms with E-state index in [4.69, 9.17) is 0 Å². The van der Waals surface area contributed by atoms with Crippen molar-refractivity contribution < 1.29 is 9.90 Å². The Bertz CT molecular complexity index is 613. The summed E-state index contributed by atoms with van der Waals surface area (Å²) in [6, 6.07) is 15.0. The van der Waals surface area contributed by atoms with Crippen LogP contribution in [0.1, 0.15) is 21.5 Å². The predicted molar refractivity (Wildman–Crippen MR) is 87.4 cm³/mol. The number of amides is 1. The Morgan fingerprint density at radius 2 is 1.90 bits per heavy atom. The highest BCUT2D eigenvalue weighted by molar-refractivity contribution is 9.10. The first-order chi connectivity index (χ1) is 10.1.